The lowest BCUT2D eigenvalue weighted by atomic mass is 10.3. The topological polar surface area (TPSA) is 75.7 Å². The molecule has 1 heterocycles. The molecule has 0 aliphatic heterocycles. The summed E-state index contributed by atoms with van der Waals surface area (Å²) in [7, 11) is 0. The molecule has 0 aromatic carbocycles. The number of nitrogens with zero attached hydrogens (tertiary/aromatic N) is 3. The zero-order chi connectivity index (χ0) is 8.81. The third kappa shape index (κ3) is 1.79. The molecule has 5 nitrogen and oxygen atoms in total. The van der Waals surface area contributed by atoms with Crippen molar-refractivity contribution in [2.45, 2.75) is 0 Å². The molecule has 3 N–H and O–H groups in total. The highest BCUT2D eigenvalue weighted by Gasteiger charge is 2.00. The fourth-order valence-corrected chi connectivity index (χ4v) is 0.730. The Morgan fingerprint density at radius 2 is 2.42 bits per heavy atom. The van der Waals surface area contributed by atoms with E-state index in [9.17, 15) is 0 Å². The second-order valence-electron chi connectivity index (χ2n) is 1.96. The second-order valence-corrected chi connectivity index (χ2v) is 1.96. The fourth-order valence-electron chi connectivity index (χ4n) is 0.730. The van der Waals surface area contributed by atoms with Crippen LogP contribution in [0.2, 0.25) is 0 Å². The van der Waals surface area contributed by atoms with E-state index in [-0.39, 0.29) is 0 Å². The van der Waals surface area contributed by atoms with Gasteiger partial charge in [-0.2, -0.15) is 10.2 Å². The average Bonchev–Trinajstić information content (AvgIpc) is 2.15. The van der Waals surface area contributed by atoms with E-state index >= 15 is 0 Å². The number of rotatable bonds is 2. The van der Waals surface area contributed by atoms with E-state index in [1.807, 2.05) is 6.07 Å². The van der Waals surface area contributed by atoms with Crippen molar-refractivity contribution in [2.24, 2.45) is 16.0 Å². The molecule has 0 radical (unpaired) electrons. The molecule has 0 saturated carbocycles. The standard InChI is InChI=1S/C7H9N5/c1-9-12-7(11-8)6-4-2-3-5-10-6/h2-5H,1,8H2,(H,11,12). The summed E-state index contributed by atoms with van der Waals surface area (Å²) in [5, 5.41) is 6.89. The maximum absolute atomic E-state index is 5.09. The smallest absolute Gasteiger partial charge is 0.191 e. The number of hydrogen-bond donors (Lipinski definition) is 2. The SMILES string of the molecule is C=NN/C(=N\N)c1ccccn1. The van der Waals surface area contributed by atoms with E-state index in [0.717, 1.165) is 0 Å². The Morgan fingerprint density at radius 3 is 2.92 bits per heavy atom. The molecule has 0 spiro atoms. The molecule has 0 aliphatic rings. The average molecular weight is 163 g/mol. The zero-order valence-corrected chi connectivity index (χ0v) is 6.44. The lowest BCUT2D eigenvalue weighted by Crippen LogP contribution is -2.21. The molecular formula is C7H9N5. The lowest BCUT2D eigenvalue weighted by Gasteiger charge is -2.00. The molecule has 0 bridgehead atoms. The summed E-state index contributed by atoms with van der Waals surface area (Å²) in [4.78, 5) is 4.01. The van der Waals surface area contributed by atoms with Gasteiger partial charge in [0.15, 0.2) is 5.84 Å². The molecule has 0 unspecified atom stereocenters. The van der Waals surface area contributed by atoms with Gasteiger partial charge in [-0.1, -0.05) is 6.07 Å². The van der Waals surface area contributed by atoms with Gasteiger partial charge in [0.1, 0.15) is 5.69 Å². The normalized spacial score (nSPS) is 10.8. The van der Waals surface area contributed by atoms with Crippen LogP contribution in [0, 0.1) is 0 Å². The number of pyridine rings is 1. The van der Waals surface area contributed by atoms with Gasteiger partial charge in [0.2, 0.25) is 0 Å². The maximum atomic E-state index is 5.09. The van der Waals surface area contributed by atoms with Crippen molar-refractivity contribution in [2.75, 3.05) is 0 Å². The van der Waals surface area contributed by atoms with Crippen LogP contribution >= 0.6 is 0 Å². The van der Waals surface area contributed by atoms with Gasteiger partial charge in [-0.05, 0) is 12.1 Å². The van der Waals surface area contributed by atoms with Crippen molar-refractivity contribution < 1.29 is 0 Å². The molecular weight excluding hydrogens is 154 g/mol. The first-order chi connectivity index (χ1) is 5.88. The molecule has 0 atom stereocenters. The summed E-state index contributed by atoms with van der Waals surface area (Å²) in [6, 6.07) is 5.40. The molecule has 1 aromatic rings. The highest BCUT2D eigenvalue weighted by Crippen LogP contribution is 1.92. The maximum Gasteiger partial charge on any atom is 0.191 e. The third-order valence-electron chi connectivity index (χ3n) is 1.22. The predicted octanol–water partition coefficient (Wildman–Crippen LogP) is -0.0929. The predicted molar refractivity (Wildman–Crippen MR) is 47.6 cm³/mol. The number of nitrogens with one attached hydrogen (secondary N) is 1. The summed E-state index contributed by atoms with van der Waals surface area (Å²) in [6.07, 6.45) is 1.64. The van der Waals surface area contributed by atoms with E-state index in [1.165, 1.54) is 0 Å². The summed E-state index contributed by atoms with van der Waals surface area (Å²) in [6.45, 7) is 3.25. The molecule has 62 valence electrons. The van der Waals surface area contributed by atoms with Gasteiger partial charge in [-0.3, -0.25) is 10.4 Å². The van der Waals surface area contributed by atoms with Crippen molar-refractivity contribution in [1.29, 1.82) is 0 Å². The lowest BCUT2D eigenvalue weighted by molar-refractivity contribution is 1.00. The molecule has 12 heavy (non-hydrogen) atoms. The Morgan fingerprint density at radius 1 is 1.58 bits per heavy atom. The minimum atomic E-state index is 0.394. The van der Waals surface area contributed by atoms with Crippen molar-refractivity contribution in [3.8, 4) is 0 Å². The number of hydrazone groups is 2. The van der Waals surface area contributed by atoms with Crippen LogP contribution in [0.4, 0.5) is 0 Å². The van der Waals surface area contributed by atoms with Gasteiger partial charge < -0.3 is 5.84 Å². The number of nitrogens with two attached hydrogens (primary N) is 1. The molecule has 0 aliphatic carbocycles. The van der Waals surface area contributed by atoms with E-state index in [1.54, 1.807) is 18.3 Å². The highest BCUT2D eigenvalue weighted by molar-refractivity contribution is 5.96. The summed E-state index contributed by atoms with van der Waals surface area (Å²) in [5.74, 6) is 5.48. The molecule has 0 saturated heterocycles. The van der Waals surface area contributed by atoms with Crippen LogP contribution in [-0.4, -0.2) is 17.5 Å². The van der Waals surface area contributed by atoms with E-state index < -0.39 is 0 Å². The largest absolute Gasteiger partial charge is 0.321 e. The number of aromatic nitrogens is 1. The van der Waals surface area contributed by atoms with Crippen LogP contribution in [0.25, 0.3) is 0 Å². The Kier molecular flexibility index (Phi) is 2.78. The van der Waals surface area contributed by atoms with E-state index in [2.05, 4.69) is 27.3 Å². The highest BCUT2D eigenvalue weighted by atomic mass is 15.3. The van der Waals surface area contributed by atoms with E-state index in [4.69, 9.17) is 5.84 Å². The Labute approximate surface area is 70.0 Å². The molecule has 5 heteroatoms. The van der Waals surface area contributed by atoms with Gasteiger partial charge >= 0.3 is 0 Å². The van der Waals surface area contributed by atoms with Gasteiger partial charge in [-0.15, -0.1) is 0 Å². The molecule has 1 aromatic heterocycles. The molecule has 0 fully saturated rings. The molecule has 1 rings (SSSR count). The first-order valence-corrected chi connectivity index (χ1v) is 3.29. The van der Waals surface area contributed by atoms with E-state index in [0.29, 0.717) is 11.5 Å². The monoisotopic (exact) mass is 163 g/mol. The minimum Gasteiger partial charge on any atom is -0.321 e. The van der Waals surface area contributed by atoms with Crippen molar-refractivity contribution >= 4 is 12.6 Å². The Balaban J connectivity index is 2.88. The molecule has 0 amide bonds. The fraction of sp³-hybridized carbons (Fsp3) is 0. The second kappa shape index (κ2) is 4.07. The van der Waals surface area contributed by atoms with Crippen molar-refractivity contribution in [1.82, 2.24) is 10.4 Å². The van der Waals surface area contributed by atoms with Gasteiger partial charge in [-0.25, -0.2) is 0 Å². The van der Waals surface area contributed by atoms with Crippen LogP contribution < -0.4 is 11.3 Å². The quantitative estimate of drug-likeness (QED) is 0.277. The first-order valence-electron chi connectivity index (χ1n) is 3.29. The summed E-state index contributed by atoms with van der Waals surface area (Å²) in [5.41, 5.74) is 3.16. The van der Waals surface area contributed by atoms with Crippen LogP contribution in [0.1, 0.15) is 5.69 Å². The van der Waals surface area contributed by atoms with Crippen molar-refractivity contribution in [3.63, 3.8) is 0 Å². The summed E-state index contributed by atoms with van der Waals surface area (Å²) < 4.78 is 0. The Hall–Kier alpha value is -1.91. The first kappa shape index (κ1) is 8.19. The van der Waals surface area contributed by atoms with Crippen molar-refractivity contribution in [3.05, 3.63) is 30.1 Å². The third-order valence-corrected chi connectivity index (χ3v) is 1.22. The zero-order valence-electron chi connectivity index (χ0n) is 6.44. The minimum absolute atomic E-state index is 0.394. The number of amidine groups is 1. The van der Waals surface area contributed by atoms with Gasteiger partial charge in [0.25, 0.3) is 0 Å². The van der Waals surface area contributed by atoms with Gasteiger partial charge in [0, 0.05) is 12.9 Å². The summed E-state index contributed by atoms with van der Waals surface area (Å²) >= 11 is 0. The van der Waals surface area contributed by atoms with Crippen LogP contribution in [-0.2, 0) is 0 Å². The Bertz CT molecular complexity index is 279. The number of hydrogen-bond acceptors (Lipinski definition) is 4. The van der Waals surface area contributed by atoms with Crippen LogP contribution in [0.3, 0.4) is 0 Å². The van der Waals surface area contributed by atoms with Gasteiger partial charge in [0.05, 0.1) is 0 Å². The van der Waals surface area contributed by atoms with Crippen LogP contribution in [0.5, 0.6) is 0 Å². The van der Waals surface area contributed by atoms with Crippen LogP contribution in [0.15, 0.2) is 34.6 Å².